The van der Waals surface area contributed by atoms with E-state index in [1.54, 1.807) is 29.3 Å². The van der Waals surface area contributed by atoms with Crippen molar-refractivity contribution in [1.29, 1.82) is 0 Å². The van der Waals surface area contributed by atoms with Gasteiger partial charge < -0.3 is 20.7 Å². The van der Waals surface area contributed by atoms with Gasteiger partial charge in [0.1, 0.15) is 9.71 Å². The summed E-state index contributed by atoms with van der Waals surface area (Å²) < 4.78 is 5.69. The molecule has 5 rings (SSSR count). The van der Waals surface area contributed by atoms with Crippen LogP contribution in [0.4, 0.5) is 21.9 Å². The normalized spacial score (nSPS) is 18.7. The Morgan fingerprint density at radius 3 is 2.61 bits per heavy atom. The van der Waals surface area contributed by atoms with E-state index in [2.05, 4.69) is 32.5 Å². The lowest BCUT2D eigenvalue weighted by molar-refractivity contribution is -0.117. The maximum absolute atomic E-state index is 13.5. The first-order valence-electron chi connectivity index (χ1n) is 12.7. The molecule has 0 saturated heterocycles. The molecular weight excluding hydrogens is 504 g/mol. The molecule has 1 fully saturated rings. The van der Waals surface area contributed by atoms with Gasteiger partial charge in [0.2, 0.25) is 11.8 Å². The number of aryl methyl sites for hydroxylation is 1. The summed E-state index contributed by atoms with van der Waals surface area (Å²) in [6, 6.07) is 4.51. The second-order valence-electron chi connectivity index (χ2n) is 9.69. The van der Waals surface area contributed by atoms with Crippen LogP contribution in [0.15, 0.2) is 37.1 Å². The molecule has 1 saturated carbocycles. The largest absolute Gasteiger partial charge is 0.475 e. The molecule has 3 aromatic heterocycles. The van der Waals surface area contributed by atoms with Crippen molar-refractivity contribution in [3.8, 4) is 5.88 Å². The van der Waals surface area contributed by atoms with Gasteiger partial charge in [-0.1, -0.05) is 19.4 Å². The van der Waals surface area contributed by atoms with Gasteiger partial charge in [-0.15, -0.1) is 11.3 Å². The summed E-state index contributed by atoms with van der Waals surface area (Å²) in [6.45, 7) is 9.19. The number of ether oxygens (including phenoxy) is 1. The van der Waals surface area contributed by atoms with E-state index in [9.17, 15) is 14.4 Å². The molecular formula is C27H30N6O4S. The first kappa shape index (κ1) is 25.7. The third-order valence-electron chi connectivity index (χ3n) is 6.68. The van der Waals surface area contributed by atoms with Crippen molar-refractivity contribution >= 4 is 56.5 Å². The lowest BCUT2D eigenvalue weighted by Gasteiger charge is -2.32. The highest BCUT2D eigenvalue weighted by Gasteiger charge is 2.35. The molecule has 198 valence electrons. The molecule has 4 heterocycles. The number of nitrogens with one attached hydrogen (secondary N) is 3. The topological polar surface area (TPSA) is 126 Å². The maximum Gasteiger partial charge on any atom is 0.331 e. The van der Waals surface area contributed by atoms with Gasteiger partial charge in [-0.2, -0.15) is 0 Å². The van der Waals surface area contributed by atoms with Crippen molar-refractivity contribution in [2.45, 2.75) is 64.6 Å². The smallest absolute Gasteiger partial charge is 0.331 e. The highest BCUT2D eigenvalue weighted by Crippen LogP contribution is 2.46. The average molecular weight is 535 g/mol. The Morgan fingerprint density at radius 2 is 1.92 bits per heavy atom. The van der Waals surface area contributed by atoms with Gasteiger partial charge >= 0.3 is 6.03 Å². The number of carbonyl (C=O) groups excluding carboxylic acids is 3. The van der Waals surface area contributed by atoms with Gasteiger partial charge in [0, 0.05) is 24.3 Å². The lowest BCUT2D eigenvalue weighted by Crippen LogP contribution is -2.52. The van der Waals surface area contributed by atoms with E-state index in [0.29, 0.717) is 43.7 Å². The molecule has 3 N–H and O–H groups in total. The predicted octanol–water partition coefficient (Wildman–Crippen LogP) is 4.81. The number of hydrogen-bond donors (Lipinski definition) is 3. The summed E-state index contributed by atoms with van der Waals surface area (Å²) in [7, 11) is 0. The minimum absolute atomic E-state index is 0.0223. The Labute approximate surface area is 224 Å². The summed E-state index contributed by atoms with van der Waals surface area (Å²) in [5, 5.41) is 9.64. The van der Waals surface area contributed by atoms with Gasteiger partial charge in [-0.25, -0.2) is 14.8 Å². The van der Waals surface area contributed by atoms with Crippen LogP contribution in [0, 0.1) is 6.92 Å². The second-order valence-corrected chi connectivity index (χ2v) is 10.7. The summed E-state index contributed by atoms with van der Waals surface area (Å²) in [4.78, 5) is 50.4. The maximum atomic E-state index is 13.5. The number of nitrogens with zero attached hydrogens (tertiary/aromatic N) is 3. The number of hydrogen-bond acceptors (Lipinski definition) is 7. The molecule has 11 heteroatoms. The number of pyridine rings is 2. The number of rotatable bonds is 7. The van der Waals surface area contributed by atoms with Crippen LogP contribution < -0.4 is 25.6 Å². The summed E-state index contributed by atoms with van der Waals surface area (Å²) in [5.74, 6) is -0.0811. The van der Waals surface area contributed by atoms with Crippen LogP contribution in [0.2, 0.25) is 0 Å². The standard InChI is InChI=1S/C27H30N6O4S/c1-5-20(34)30-16-8-6-7-9-17(16)31-25(35)24-23-22-19(12-13-28-26(22)38-24)33(27(36)32-23)18-10-11-21(29-15(18)4)37-14(2)3/h5,10-14,16-17H,1,6-9H2,2-4H3,(H,30,34)(H,31,35)(H,32,36)/t16-,17+/m0/s1. The number of amides is 4. The van der Waals surface area contributed by atoms with E-state index in [1.807, 2.05) is 20.8 Å². The Morgan fingerprint density at radius 1 is 1.18 bits per heavy atom. The zero-order chi connectivity index (χ0) is 27.0. The first-order chi connectivity index (χ1) is 18.3. The minimum atomic E-state index is -0.395. The van der Waals surface area contributed by atoms with Crippen molar-refractivity contribution in [2.75, 3.05) is 10.2 Å². The molecule has 0 unspecified atom stereocenters. The molecule has 0 aromatic carbocycles. The molecule has 0 radical (unpaired) electrons. The van der Waals surface area contributed by atoms with Crippen LogP contribution in [0.25, 0.3) is 10.2 Å². The van der Waals surface area contributed by atoms with E-state index in [0.717, 1.165) is 25.7 Å². The number of carbonyl (C=O) groups is 3. The second kappa shape index (κ2) is 10.4. The van der Waals surface area contributed by atoms with Crippen LogP contribution in [-0.4, -0.2) is 46.0 Å². The van der Waals surface area contributed by atoms with Gasteiger partial charge in [0.05, 0.1) is 34.2 Å². The minimum Gasteiger partial charge on any atom is -0.475 e. The molecule has 1 aliphatic heterocycles. The quantitative estimate of drug-likeness (QED) is 0.374. The Hall–Kier alpha value is -3.99. The molecule has 1 aliphatic carbocycles. The summed E-state index contributed by atoms with van der Waals surface area (Å²) in [5.41, 5.74) is 2.31. The summed E-state index contributed by atoms with van der Waals surface area (Å²) in [6.07, 6.45) is 6.30. The number of urea groups is 1. The van der Waals surface area contributed by atoms with Gasteiger partial charge in [-0.3, -0.25) is 14.5 Å². The third-order valence-corrected chi connectivity index (χ3v) is 7.77. The average Bonchev–Trinajstić information content (AvgIpc) is 3.25. The van der Waals surface area contributed by atoms with Crippen LogP contribution in [0.3, 0.4) is 0 Å². The fourth-order valence-corrected chi connectivity index (χ4v) is 6.03. The van der Waals surface area contributed by atoms with E-state index >= 15 is 0 Å². The van der Waals surface area contributed by atoms with Crippen LogP contribution in [-0.2, 0) is 4.79 Å². The molecule has 4 amide bonds. The van der Waals surface area contributed by atoms with Gasteiger partial charge in [0.15, 0.2) is 0 Å². The third kappa shape index (κ3) is 4.81. The van der Waals surface area contributed by atoms with E-state index in [4.69, 9.17) is 4.74 Å². The molecule has 0 bridgehead atoms. The molecule has 3 aromatic rings. The van der Waals surface area contributed by atoms with Crippen LogP contribution in [0.1, 0.15) is 54.9 Å². The molecule has 2 atom stereocenters. The monoisotopic (exact) mass is 534 g/mol. The van der Waals surface area contributed by atoms with Crippen LogP contribution >= 0.6 is 11.3 Å². The highest BCUT2D eigenvalue weighted by molar-refractivity contribution is 7.21. The van der Waals surface area contributed by atoms with Crippen molar-refractivity contribution in [1.82, 2.24) is 20.6 Å². The summed E-state index contributed by atoms with van der Waals surface area (Å²) >= 11 is 1.23. The Balaban J connectivity index is 1.47. The molecule has 0 spiro atoms. The number of anilines is 3. The highest BCUT2D eigenvalue weighted by atomic mass is 32.1. The number of thiophene rings is 1. The van der Waals surface area contributed by atoms with Crippen molar-refractivity contribution in [3.05, 3.63) is 47.6 Å². The van der Waals surface area contributed by atoms with E-state index in [-0.39, 0.29) is 30.0 Å². The fraction of sp³-hybridized carbons (Fsp3) is 0.370. The zero-order valence-corrected chi connectivity index (χ0v) is 22.4. The fourth-order valence-electron chi connectivity index (χ4n) is 5.01. The Bertz CT molecular complexity index is 1430. The molecule has 2 aliphatic rings. The predicted molar refractivity (Wildman–Crippen MR) is 147 cm³/mol. The Kier molecular flexibility index (Phi) is 7.02. The lowest BCUT2D eigenvalue weighted by atomic mass is 9.90. The molecule has 38 heavy (non-hydrogen) atoms. The first-order valence-corrected chi connectivity index (χ1v) is 13.5. The van der Waals surface area contributed by atoms with E-state index in [1.165, 1.54) is 17.4 Å². The van der Waals surface area contributed by atoms with Crippen molar-refractivity contribution < 1.29 is 19.1 Å². The van der Waals surface area contributed by atoms with Gasteiger partial charge in [-0.05, 0) is 51.8 Å². The SMILES string of the molecule is C=CC(=O)N[C@H]1CCCC[C@H]1NC(=O)c1sc2nccc3c2c1NC(=O)N3c1ccc(OC(C)C)nc1C. The van der Waals surface area contributed by atoms with Gasteiger partial charge in [0.25, 0.3) is 5.91 Å². The van der Waals surface area contributed by atoms with Crippen LogP contribution in [0.5, 0.6) is 5.88 Å². The molecule has 10 nitrogen and oxygen atoms in total. The zero-order valence-electron chi connectivity index (χ0n) is 21.5. The number of aromatic nitrogens is 2. The van der Waals surface area contributed by atoms with E-state index < -0.39 is 6.03 Å². The van der Waals surface area contributed by atoms with Crippen molar-refractivity contribution in [2.24, 2.45) is 0 Å². The van der Waals surface area contributed by atoms with Crippen molar-refractivity contribution in [3.63, 3.8) is 0 Å².